The van der Waals surface area contributed by atoms with E-state index >= 15 is 0 Å². The zero-order valence-corrected chi connectivity index (χ0v) is 13.2. The van der Waals surface area contributed by atoms with E-state index in [2.05, 4.69) is 41.4 Å². The third kappa shape index (κ3) is 2.97. The van der Waals surface area contributed by atoms with Crippen LogP contribution in [-0.2, 0) is 0 Å². The second kappa shape index (κ2) is 5.69. The predicted molar refractivity (Wildman–Crippen MR) is 87.2 cm³/mol. The van der Waals surface area contributed by atoms with Crippen molar-refractivity contribution in [3.63, 3.8) is 0 Å². The Morgan fingerprint density at radius 1 is 1.24 bits per heavy atom. The lowest BCUT2D eigenvalue weighted by molar-refractivity contribution is 0.834. The maximum atomic E-state index is 4.62. The molecule has 4 nitrogen and oxygen atoms in total. The maximum absolute atomic E-state index is 4.62. The summed E-state index contributed by atoms with van der Waals surface area (Å²) in [5, 5.41) is 8.89. The van der Waals surface area contributed by atoms with Gasteiger partial charge >= 0.3 is 0 Å². The van der Waals surface area contributed by atoms with Crippen LogP contribution in [0.15, 0.2) is 42.7 Å². The van der Waals surface area contributed by atoms with Gasteiger partial charge in [-0.3, -0.25) is 0 Å². The van der Waals surface area contributed by atoms with E-state index in [1.54, 1.807) is 17.5 Å². The van der Waals surface area contributed by atoms with Gasteiger partial charge in [-0.2, -0.15) is 5.10 Å². The van der Waals surface area contributed by atoms with E-state index < -0.39 is 0 Å². The molecule has 0 amide bonds. The molecule has 108 valence electrons. The van der Waals surface area contributed by atoms with E-state index in [0.29, 0.717) is 0 Å². The van der Waals surface area contributed by atoms with Crippen molar-refractivity contribution in [2.24, 2.45) is 0 Å². The Kier molecular flexibility index (Phi) is 3.75. The van der Waals surface area contributed by atoms with Gasteiger partial charge in [-0.15, -0.1) is 11.3 Å². The highest BCUT2D eigenvalue weighted by molar-refractivity contribution is 7.11. The number of hydrogen-bond donors (Lipinski definition) is 1. The van der Waals surface area contributed by atoms with E-state index in [1.807, 2.05) is 36.0 Å². The quantitative estimate of drug-likeness (QED) is 0.788. The number of nitrogens with zero attached hydrogens (tertiary/aromatic N) is 3. The van der Waals surface area contributed by atoms with E-state index in [9.17, 15) is 0 Å². The molecule has 0 aliphatic heterocycles. The molecule has 3 rings (SSSR count). The van der Waals surface area contributed by atoms with Gasteiger partial charge < -0.3 is 5.32 Å². The van der Waals surface area contributed by atoms with Crippen molar-refractivity contribution in [3.05, 3.63) is 58.3 Å². The lowest BCUT2D eigenvalue weighted by Gasteiger charge is -2.15. The summed E-state index contributed by atoms with van der Waals surface area (Å²) in [6, 6.07) is 10.3. The largest absolute Gasteiger partial charge is 0.377 e. The van der Waals surface area contributed by atoms with Crippen LogP contribution in [0.3, 0.4) is 0 Å². The summed E-state index contributed by atoms with van der Waals surface area (Å²) in [4.78, 5) is 5.89. The van der Waals surface area contributed by atoms with Crippen LogP contribution < -0.4 is 5.32 Å². The van der Waals surface area contributed by atoms with Gasteiger partial charge in [0.25, 0.3) is 0 Å². The van der Waals surface area contributed by atoms with Gasteiger partial charge in [0.2, 0.25) is 0 Å². The first kappa shape index (κ1) is 13.8. The molecular formula is C16H18N4S. The van der Waals surface area contributed by atoms with Crippen LogP contribution in [0.2, 0.25) is 0 Å². The van der Waals surface area contributed by atoms with E-state index in [4.69, 9.17) is 0 Å². The number of benzene rings is 1. The molecule has 0 fully saturated rings. The van der Waals surface area contributed by atoms with Gasteiger partial charge in [-0.1, -0.05) is 6.07 Å². The first-order valence-electron chi connectivity index (χ1n) is 6.94. The molecule has 0 saturated heterocycles. The number of rotatable bonds is 4. The molecule has 1 atom stereocenters. The number of aromatic nitrogens is 3. The summed E-state index contributed by atoms with van der Waals surface area (Å²) >= 11 is 1.74. The van der Waals surface area contributed by atoms with Crippen LogP contribution in [0.5, 0.6) is 0 Å². The molecule has 2 aromatic heterocycles. The van der Waals surface area contributed by atoms with Gasteiger partial charge in [0, 0.05) is 23.0 Å². The summed E-state index contributed by atoms with van der Waals surface area (Å²) in [6.45, 7) is 6.31. The average Bonchev–Trinajstić information content (AvgIpc) is 3.08. The van der Waals surface area contributed by atoms with Gasteiger partial charge in [0.15, 0.2) is 0 Å². The highest BCUT2D eigenvalue weighted by atomic mass is 32.1. The van der Waals surface area contributed by atoms with Crippen LogP contribution >= 0.6 is 11.3 Å². The molecule has 0 spiro atoms. The number of hydrogen-bond acceptors (Lipinski definition) is 4. The fourth-order valence-electron chi connectivity index (χ4n) is 2.42. The molecular weight excluding hydrogens is 280 g/mol. The molecule has 21 heavy (non-hydrogen) atoms. The second-order valence-corrected chi connectivity index (χ2v) is 6.45. The molecule has 0 aliphatic rings. The minimum Gasteiger partial charge on any atom is -0.377 e. The van der Waals surface area contributed by atoms with Crippen LogP contribution in [0.25, 0.3) is 5.69 Å². The SMILES string of the molecule is Cc1nc(C(C)Nc2cccc(-n3cccn3)c2)c(C)s1. The molecule has 5 heteroatoms. The molecule has 0 bridgehead atoms. The smallest absolute Gasteiger partial charge is 0.0901 e. The maximum Gasteiger partial charge on any atom is 0.0901 e. The fraction of sp³-hybridized carbons (Fsp3) is 0.250. The third-order valence-corrected chi connectivity index (χ3v) is 4.25. The third-order valence-electron chi connectivity index (χ3n) is 3.35. The standard InChI is InChI=1S/C16H18N4S/c1-11(16-12(2)21-13(3)19-16)18-14-6-4-7-15(10-14)20-9-5-8-17-20/h4-11,18H,1-3H3. The van der Waals surface area contributed by atoms with Crippen LogP contribution in [0, 0.1) is 13.8 Å². The van der Waals surface area contributed by atoms with Crippen molar-refractivity contribution in [1.82, 2.24) is 14.8 Å². The Morgan fingerprint density at radius 3 is 2.76 bits per heavy atom. The Bertz CT molecular complexity index is 731. The molecule has 1 unspecified atom stereocenters. The van der Waals surface area contributed by atoms with Crippen molar-refractivity contribution in [1.29, 1.82) is 0 Å². The average molecular weight is 298 g/mol. The summed E-state index contributed by atoms with van der Waals surface area (Å²) in [7, 11) is 0. The molecule has 3 aromatic rings. The summed E-state index contributed by atoms with van der Waals surface area (Å²) < 4.78 is 1.86. The Labute approximate surface area is 128 Å². The van der Waals surface area contributed by atoms with Gasteiger partial charge in [-0.25, -0.2) is 9.67 Å². The van der Waals surface area contributed by atoms with E-state index in [1.165, 1.54) is 4.88 Å². The Balaban J connectivity index is 1.82. The zero-order chi connectivity index (χ0) is 14.8. The lowest BCUT2D eigenvalue weighted by atomic mass is 10.2. The monoisotopic (exact) mass is 298 g/mol. The minimum absolute atomic E-state index is 0.183. The summed E-state index contributed by atoms with van der Waals surface area (Å²) in [5.74, 6) is 0. The first-order valence-corrected chi connectivity index (χ1v) is 7.75. The van der Waals surface area contributed by atoms with Crippen molar-refractivity contribution in [3.8, 4) is 5.69 Å². The van der Waals surface area contributed by atoms with Crippen LogP contribution in [0.4, 0.5) is 5.69 Å². The second-order valence-electron chi connectivity index (χ2n) is 5.04. The normalized spacial score (nSPS) is 12.3. The number of nitrogens with one attached hydrogen (secondary N) is 1. The zero-order valence-electron chi connectivity index (χ0n) is 12.4. The molecule has 2 heterocycles. The predicted octanol–water partition coefficient (Wildman–Crippen LogP) is 4.12. The topological polar surface area (TPSA) is 42.7 Å². The minimum atomic E-state index is 0.183. The van der Waals surface area contributed by atoms with Crippen LogP contribution in [0.1, 0.15) is 28.5 Å². The molecule has 1 N–H and O–H groups in total. The number of anilines is 1. The molecule has 0 radical (unpaired) electrons. The van der Waals surface area contributed by atoms with Crippen molar-refractivity contribution in [2.45, 2.75) is 26.8 Å². The molecule has 0 aliphatic carbocycles. The summed E-state index contributed by atoms with van der Waals surface area (Å²) in [6.07, 6.45) is 3.72. The Morgan fingerprint density at radius 2 is 2.10 bits per heavy atom. The van der Waals surface area contributed by atoms with Crippen molar-refractivity contribution in [2.75, 3.05) is 5.32 Å². The van der Waals surface area contributed by atoms with Gasteiger partial charge in [0.05, 0.1) is 22.4 Å². The van der Waals surface area contributed by atoms with Crippen LogP contribution in [-0.4, -0.2) is 14.8 Å². The fourth-order valence-corrected chi connectivity index (χ4v) is 3.34. The number of thiazole rings is 1. The van der Waals surface area contributed by atoms with E-state index in [-0.39, 0.29) is 6.04 Å². The highest BCUT2D eigenvalue weighted by Gasteiger charge is 2.13. The van der Waals surface area contributed by atoms with Crippen molar-refractivity contribution >= 4 is 17.0 Å². The van der Waals surface area contributed by atoms with Gasteiger partial charge in [0.1, 0.15) is 0 Å². The Hall–Kier alpha value is -2.14. The van der Waals surface area contributed by atoms with Gasteiger partial charge in [-0.05, 0) is 45.0 Å². The molecule has 1 aromatic carbocycles. The molecule has 0 saturated carbocycles. The first-order chi connectivity index (χ1) is 10.1. The van der Waals surface area contributed by atoms with E-state index in [0.717, 1.165) is 22.1 Å². The lowest BCUT2D eigenvalue weighted by Crippen LogP contribution is -2.08. The summed E-state index contributed by atoms with van der Waals surface area (Å²) in [5.41, 5.74) is 3.24. The highest BCUT2D eigenvalue weighted by Crippen LogP contribution is 2.26. The van der Waals surface area contributed by atoms with Crippen molar-refractivity contribution < 1.29 is 0 Å². The number of aryl methyl sites for hydroxylation is 2.